The van der Waals surface area contributed by atoms with E-state index in [1.807, 2.05) is 28.8 Å². The van der Waals surface area contributed by atoms with Gasteiger partial charge in [-0.05, 0) is 83.9 Å². The number of halogens is 1. The number of carbonyl (C=O) groups excluding carboxylic acids is 2. The summed E-state index contributed by atoms with van der Waals surface area (Å²) in [6.45, 7) is 9.37. The lowest BCUT2D eigenvalue weighted by Crippen LogP contribution is -2.33. The highest BCUT2D eigenvalue weighted by molar-refractivity contribution is 7.23. The zero-order chi connectivity index (χ0) is 28.3. The van der Waals surface area contributed by atoms with Crippen molar-refractivity contribution in [1.29, 1.82) is 0 Å². The van der Waals surface area contributed by atoms with Gasteiger partial charge in [-0.3, -0.25) is 9.20 Å². The summed E-state index contributed by atoms with van der Waals surface area (Å²) < 4.78 is 23.0. The Balaban J connectivity index is 1.21. The Labute approximate surface area is 237 Å². The van der Waals surface area contributed by atoms with Gasteiger partial charge in [0.2, 0.25) is 0 Å². The van der Waals surface area contributed by atoms with Gasteiger partial charge >= 0.3 is 6.09 Å². The van der Waals surface area contributed by atoms with Gasteiger partial charge in [0.25, 0.3) is 5.91 Å². The van der Waals surface area contributed by atoms with Crippen LogP contribution in [0.4, 0.5) is 9.18 Å². The summed E-state index contributed by atoms with van der Waals surface area (Å²) in [5.41, 5.74) is 2.60. The lowest BCUT2D eigenvalue weighted by molar-refractivity contribution is 0.0523. The van der Waals surface area contributed by atoms with E-state index in [4.69, 9.17) is 9.72 Å². The Morgan fingerprint density at radius 3 is 2.62 bits per heavy atom. The summed E-state index contributed by atoms with van der Waals surface area (Å²) in [5.74, 6) is -0.495. The SMILES string of the molecule is CC(C)(C)OC(=O)NCc1ccc(-c2cn3c(n2)sc2cc(C(=O)NCCCN4CCCCC4)ccc23)cc1F. The van der Waals surface area contributed by atoms with E-state index in [0.717, 1.165) is 28.1 Å². The molecule has 2 aromatic heterocycles. The number of ether oxygens (including phenoxy) is 1. The van der Waals surface area contributed by atoms with Crippen LogP contribution in [0.5, 0.6) is 0 Å². The molecule has 0 aliphatic carbocycles. The van der Waals surface area contributed by atoms with E-state index in [0.29, 0.717) is 28.9 Å². The molecule has 2 aromatic carbocycles. The van der Waals surface area contributed by atoms with Gasteiger partial charge in [0.15, 0.2) is 4.96 Å². The van der Waals surface area contributed by atoms with Crippen LogP contribution in [-0.2, 0) is 11.3 Å². The van der Waals surface area contributed by atoms with Gasteiger partial charge < -0.3 is 20.3 Å². The molecular formula is C30H36FN5O3S. The van der Waals surface area contributed by atoms with E-state index >= 15 is 0 Å². The Kier molecular flexibility index (Phi) is 8.37. The summed E-state index contributed by atoms with van der Waals surface area (Å²) >= 11 is 1.49. The van der Waals surface area contributed by atoms with Crippen LogP contribution in [-0.4, -0.2) is 58.1 Å². The van der Waals surface area contributed by atoms with Gasteiger partial charge in [-0.25, -0.2) is 14.2 Å². The van der Waals surface area contributed by atoms with Crippen LogP contribution in [0.3, 0.4) is 0 Å². The molecule has 0 atom stereocenters. The van der Waals surface area contributed by atoms with Crippen molar-refractivity contribution in [2.24, 2.45) is 0 Å². The molecule has 1 saturated heterocycles. The molecule has 2 amide bonds. The van der Waals surface area contributed by atoms with Gasteiger partial charge in [-0.15, -0.1) is 0 Å². The van der Waals surface area contributed by atoms with Crippen LogP contribution in [0.1, 0.15) is 62.4 Å². The lowest BCUT2D eigenvalue weighted by Gasteiger charge is -2.26. The van der Waals surface area contributed by atoms with Crippen molar-refractivity contribution in [3.8, 4) is 11.3 Å². The molecule has 8 nitrogen and oxygen atoms in total. The van der Waals surface area contributed by atoms with Crippen molar-refractivity contribution in [1.82, 2.24) is 24.9 Å². The summed E-state index contributed by atoms with van der Waals surface area (Å²) in [5, 5.41) is 5.63. The van der Waals surface area contributed by atoms with Crippen LogP contribution in [0.25, 0.3) is 26.4 Å². The summed E-state index contributed by atoms with van der Waals surface area (Å²) in [4.78, 5) is 32.6. The maximum absolute atomic E-state index is 14.8. The minimum atomic E-state index is -0.620. The molecule has 0 spiro atoms. The van der Waals surface area contributed by atoms with E-state index in [1.54, 1.807) is 32.9 Å². The number of imidazole rings is 1. The van der Waals surface area contributed by atoms with Crippen LogP contribution < -0.4 is 10.6 Å². The predicted octanol–water partition coefficient (Wildman–Crippen LogP) is 5.99. The molecular weight excluding hydrogens is 529 g/mol. The standard InChI is InChI=1S/C30H36FN5O3S/c1-30(2,3)39-29(38)33-18-22-9-8-20(16-23(22)31)24-19-36-25-11-10-21(17-26(25)40-28(36)34-24)27(37)32-12-7-15-35-13-5-4-6-14-35/h8-11,16-17,19H,4-7,12-15,18H2,1-3H3,(H,32,37)(H,33,38). The number of fused-ring (bicyclic) bond motifs is 3. The minimum Gasteiger partial charge on any atom is -0.444 e. The van der Waals surface area contributed by atoms with E-state index in [9.17, 15) is 14.0 Å². The quantitative estimate of drug-likeness (QED) is 0.257. The molecule has 4 aromatic rings. The molecule has 40 heavy (non-hydrogen) atoms. The number of benzene rings is 2. The minimum absolute atomic E-state index is 0.0261. The number of rotatable bonds is 8. The highest BCUT2D eigenvalue weighted by Gasteiger charge is 2.17. The van der Waals surface area contributed by atoms with Gasteiger partial charge in [0, 0.05) is 36.0 Å². The zero-order valence-corrected chi connectivity index (χ0v) is 24.1. The number of nitrogens with one attached hydrogen (secondary N) is 2. The van der Waals surface area contributed by atoms with Crippen molar-refractivity contribution in [2.45, 2.75) is 58.6 Å². The molecule has 1 aliphatic rings. The van der Waals surface area contributed by atoms with Crippen LogP contribution >= 0.6 is 11.3 Å². The fourth-order valence-electron chi connectivity index (χ4n) is 4.90. The van der Waals surface area contributed by atoms with Crippen molar-refractivity contribution < 1.29 is 18.7 Å². The van der Waals surface area contributed by atoms with Crippen molar-refractivity contribution >= 4 is 38.5 Å². The third kappa shape index (κ3) is 6.79. The molecule has 3 heterocycles. The first kappa shape index (κ1) is 28.0. The number of nitrogens with zero attached hydrogens (tertiary/aromatic N) is 3. The number of likely N-dealkylation sites (tertiary alicyclic amines) is 1. The first-order valence-corrected chi connectivity index (χ1v) is 14.7. The van der Waals surface area contributed by atoms with Gasteiger partial charge in [-0.1, -0.05) is 29.9 Å². The number of alkyl carbamates (subject to hydrolysis) is 1. The first-order valence-electron chi connectivity index (χ1n) is 13.8. The average Bonchev–Trinajstić information content (AvgIpc) is 3.48. The van der Waals surface area contributed by atoms with Crippen molar-refractivity contribution in [2.75, 3.05) is 26.2 Å². The van der Waals surface area contributed by atoms with Gasteiger partial charge in [0.05, 0.1) is 15.9 Å². The fraction of sp³-hybridized carbons (Fsp3) is 0.433. The Morgan fingerprint density at radius 2 is 1.88 bits per heavy atom. The summed E-state index contributed by atoms with van der Waals surface area (Å²) in [6, 6.07) is 10.5. The van der Waals surface area contributed by atoms with Crippen LogP contribution in [0.2, 0.25) is 0 Å². The molecule has 10 heteroatoms. The Morgan fingerprint density at radius 1 is 1.07 bits per heavy atom. The second-order valence-electron chi connectivity index (χ2n) is 11.2. The van der Waals surface area contributed by atoms with E-state index in [1.165, 1.54) is 49.8 Å². The molecule has 1 fully saturated rings. The Hall–Kier alpha value is -3.50. The second-order valence-corrected chi connectivity index (χ2v) is 12.2. The second kappa shape index (κ2) is 11.9. The molecule has 0 unspecified atom stereocenters. The van der Waals surface area contributed by atoms with Crippen molar-refractivity contribution in [3.05, 3.63) is 59.5 Å². The number of thiazole rings is 1. The molecule has 5 rings (SSSR count). The largest absolute Gasteiger partial charge is 0.444 e. The number of aromatic nitrogens is 2. The van der Waals surface area contributed by atoms with E-state index in [-0.39, 0.29) is 12.5 Å². The summed E-state index contributed by atoms with van der Waals surface area (Å²) in [6.07, 6.45) is 6.11. The number of amides is 2. The third-order valence-corrected chi connectivity index (χ3v) is 7.93. The third-order valence-electron chi connectivity index (χ3n) is 6.91. The number of carbonyl (C=O) groups is 2. The average molecular weight is 566 g/mol. The maximum Gasteiger partial charge on any atom is 0.407 e. The Bertz CT molecular complexity index is 1520. The number of piperidine rings is 1. The first-order chi connectivity index (χ1) is 19.2. The monoisotopic (exact) mass is 565 g/mol. The highest BCUT2D eigenvalue weighted by atomic mass is 32.1. The number of hydrogen-bond acceptors (Lipinski definition) is 6. The molecule has 2 N–H and O–H groups in total. The molecule has 0 saturated carbocycles. The maximum atomic E-state index is 14.8. The molecule has 0 bridgehead atoms. The molecule has 212 valence electrons. The van der Waals surface area contributed by atoms with Crippen LogP contribution in [0.15, 0.2) is 42.6 Å². The van der Waals surface area contributed by atoms with Gasteiger partial charge in [0.1, 0.15) is 11.4 Å². The fourth-order valence-corrected chi connectivity index (χ4v) is 5.95. The molecule has 1 aliphatic heterocycles. The highest BCUT2D eigenvalue weighted by Crippen LogP contribution is 2.31. The topological polar surface area (TPSA) is 88.0 Å². The normalized spacial score (nSPS) is 14.5. The molecule has 0 radical (unpaired) electrons. The van der Waals surface area contributed by atoms with Crippen LogP contribution in [0, 0.1) is 5.82 Å². The van der Waals surface area contributed by atoms with Crippen molar-refractivity contribution in [3.63, 3.8) is 0 Å². The van der Waals surface area contributed by atoms with Gasteiger partial charge in [-0.2, -0.15) is 0 Å². The smallest absolute Gasteiger partial charge is 0.407 e. The lowest BCUT2D eigenvalue weighted by atomic mass is 10.1. The predicted molar refractivity (Wildman–Crippen MR) is 156 cm³/mol. The summed E-state index contributed by atoms with van der Waals surface area (Å²) in [7, 11) is 0. The number of hydrogen-bond donors (Lipinski definition) is 2. The van der Waals surface area contributed by atoms with E-state index < -0.39 is 17.5 Å². The zero-order valence-electron chi connectivity index (χ0n) is 23.3. The van der Waals surface area contributed by atoms with E-state index in [2.05, 4.69) is 15.5 Å².